The summed E-state index contributed by atoms with van der Waals surface area (Å²) in [5.41, 5.74) is 2.60. The van der Waals surface area contributed by atoms with Gasteiger partial charge in [-0.3, -0.25) is 0 Å². The lowest BCUT2D eigenvalue weighted by Gasteiger charge is -2.37. The molecule has 0 aliphatic heterocycles. The van der Waals surface area contributed by atoms with Crippen LogP contribution in [-0.4, -0.2) is 28.9 Å². The van der Waals surface area contributed by atoms with Crippen LogP contribution in [0.3, 0.4) is 0 Å². The van der Waals surface area contributed by atoms with E-state index in [0.717, 1.165) is 38.8 Å². The summed E-state index contributed by atoms with van der Waals surface area (Å²) in [6, 6.07) is 0. The van der Waals surface area contributed by atoms with Crippen molar-refractivity contribution in [3.05, 3.63) is 0 Å². The first-order chi connectivity index (χ1) is 6.20. The molecule has 1 fully saturated rings. The molecule has 78 valence electrons. The number of hydrogen-bond acceptors (Lipinski definition) is 3. The third-order valence-electron chi connectivity index (χ3n) is 2.81. The lowest BCUT2D eigenvalue weighted by Crippen LogP contribution is -2.55. The molecular weight excluding hydrogens is 164 g/mol. The molecule has 1 aliphatic rings. The first kappa shape index (κ1) is 11.0. The van der Waals surface area contributed by atoms with Crippen molar-refractivity contribution in [3.8, 4) is 0 Å². The van der Waals surface area contributed by atoms with Crippen LogP contribution in [0.25, 0.3) is 0 Å². The van der Waals surface area contributed by atoms with Crippen molar-refractivity contribution < 1.29 is 5.11 Å². The highest BCUT2D eigenvalue weighted by molar-refractivity contribution is 4.78. The third-order valence-corrected chi connectivity index (χ3v) is 2.81. The van der Waals surface area contributed by atoms with Crippen LogP contribution >= 0.6 is 0 Å². The molecule has 13 heavy (non-hydrogen) atoms. The number of rotatable bonds is 4. The Balaban J connectivity index is 2.39. The summed E-state index contributed by atoms with van der Waals surface area (Å²) >= 11 is 0. The summed E-state index contributed by atoms with van der Waals surface area (Å²) in [5, 5.41) is 12.2. The SMILES string of the molecule is CCN(CC)NC1(O)CCCCC1. The quantitative estimate of drug-likeness (QED) is 0.516. The molecule has 0 aromatic rings. The van der Waals surface area contributed by atoms with Crippen molar-refractivity contribution in [1.29, 1.82) is 0 Å². The fourth-order valence-corrected chi connectivity index (χ4v) is 1.92. The minimum atomic E-state index is -0.621. The minimum absolute atomic E-state index is 0.621. The summed E-state index contributed by atoms with van der Waals surface area (Å²) in [5.74, 6) is 0. The normalized spacial score (nSPS) is 22.2. The van der Waals surface area contributed by atoms with E-state index in [1.165, 1.54) is 6.42 Å². The summed E-state index contributed by atoms with van der Waals surface area (Å²) in [6.45, 7) is 6.09. The van der Waals surface area contributed by atoms with Gasteiger partial charge in [-0.2, -0.15) is 0 Å². The third kappa shape index (κ3) is 3.25. The Labute approximate surface area is 81.1 Å². The number of aliphatic hydroxyl groups is 1. The standard InChI is InChI=1S/C10H22N2O/c1-3-12(4-2)11-10(13)8-6-5-7-9-10/h11,13H,3-9H2,1-2H3. The van der Waals surface area contributed by atoms with Gasteiger partial charge in [-0.05, 0) is 25.7 Å². The van der Waals surface area contributed by atoms with Gasteiger partial charge in [-0.25, -0.2) is 10.4 Å². The van der Waals surface area contributed by atoms with Crippen LogP contribution in [0.4, 0.5) is 0 Å². The smallest absolute Gasteiger partial charge is 0.128 e. The van der Waals surface area contributed by atoms with Crippen molar-refractivity contribution in [2.45, 2.75) is 51.7 Å². The van der Waals surface area contributed by atoms with Gasteiger partial charge in [0.2, 0.25) is 0 Å². The molecule has 0 radical (unpaired) electrons. The lowest BCUT2D eigenvalue weighted by atomic mass is 9.92. The average molecular weight is 186 g/mol. The summed E-state index contributed by atoms with van der Waals surface area (Å²) in [6.07, 6.45) is 5.34. The van der Waals surface area contributed by atoms with Gasteiger partial charge >= 0.3 is 0 Å². The van der Waals surface area contributed by atoms with E-state index in [4.69, 9.17) is 0 Å². The maximum Gasteiger partial charge on any atom is 0.128 e. The van der Waals surface area contributed by atoms with E-state index >= 15 is 0 Å². The van der Waals surface area contributed by atoms with E-state index < -0.39 is 5.72 Å². The Kier molecular flexibility index (Phi) is 4.16. The zero-order valence-corrected chi connectivity index (χ0v) is 8.84. The van der Waals surface area contributed by atoms with Crippen LogP contribution in [0.2, 0.25) is 0 Å². The molecule has 0 amide bonds. The Morgan fingerprint density at radius 2 is 1.69 bits per heavy atom. The maximum atomic E-state index is 10.2. The molecule has 1 saturated carbocycles. The van der Waals surface area contributed by atoms with Crippen LogP contribution in [0, 0.1) is 0 Å². The van der Waals surface area contributed by atoms with Crippen molar-refractivity contribution >= 4 is 0 Å². The monoisotopic (exact) mass is 186 g/mol. The molecule has 0 saturated heterocycles. The van der Waals surface area contributed by atoms with Gasteiger partial charge in [-0.1, -0.05) is 20.3 Å². The first-order valence-electron chi connectivity index (χ1n) is 5.45. The molecule has 0 unspecified atom stereocenters. The molecule has 1 rings (SSSR count). The maximum absolute atomic E-state index is 10.2. The molecule has 0 atom stereocenters. The van der Waals surface area contributed by atoms with Gasteiger partial charge in [0.05, 0.1) is 0 Å². The predicted molar refractivity (Wildman–Crippen MR) is 54.1 cm³/mol. The molecule has 0 bridgehead atoms. The van der Waals surface area contributed by atoms with E-state index in [0.29, 0.717) is 0 Å². The van der Waals surface area contributed by atoms with E-state index in [9.17, 15) is 5.11 Å². The van der Waals surface area contributed by atoms with E-state index in [1.54, 1.807) is 0 Å². The minimum Gasteiger partial charge on any atom is -0.375 e. The van der Waals surface area contributed by atoms with Crippen molar-refractivity contribution in [3.63, 3.8) is 0 Å². The highest BCUT2D eigenvalue weighted by Gasteiger charge is 2.29. The lowest BCUT2D eigenvalue weighted by molar-refractivity contribution is -0.0846. The van der Waals surface area contributed by atoms with Gasteiger partial charge in [0.1, 0.15) is 5.72 Å². The number of hydrazine groups is 1. The topological polar surface area (TPSA) is 35.5 Å². The van der Waals surface area contributed by atoms with Crippen LogP contribution in [-0.2, 0) is 0 Å². The molecule has 1 aliphatic carbocycles. The van der Waals surface area contributed by atoms with Crippen LogP contribution in [0.15, 0.2) is 0 Å². The summed E-state index contributed by atoms with van der Waals surface area (Å²) in [7, 11) is 0. The van der Waals surface area contributed by atoms with Gasteiger partial charge in [0, 0.05) is 13.1 Å². The van der Waals surface area contributed by atoms with Crippen LogP contribution in [0.1, 0.15) is 46.0 Å². The van der Waals surface area contributed by atoms with Gasteiger partial charge < -0.3 is 5.11 Å². The van der Waals surface area contributed by atoms with E-state index in [-0.39, 0.29) is 0 Å². The Hall–Kier alpha value is -0.120. The van der Waals surface area contributed by atoms with Gasteiger partial charge in [-0.15, -0.1) is 0 Å². The second-order valence-corrected chi connectivity index (χ2v) is 3.88. The van der Waals surface area contributed by atoms with Crippen LogP contribution < -0.4 is 5.43 Å². The molecule has 3 nitrogen and oxygen atoms in total. The average Bonchev–Trinajstić information content (AvgIpc) is 2.15. The second kappa shape index (κ2) is 4.94. The Morgan fingerprint density at radius 1 is 1.15 bits per heavy atom. The van der Waals surface area contributed by atoms with E-state index in [2.05, 4.69) is 24.3 Å². The number of hydrogen-bond donors (Lipinski definition) is 2. The van der Waals surface area contributed by atoms with E-state index in [1.807, 2.05) is 0 Å². The highest BCUT2D eigenvalue weighted by Crippen LogP contribution is 2.25. The van der Waals surface area contributed by atoms with Gasteiger partial charge in [0.25, 0.3) is 0 Å². The highest BCUT2D eigenvalue weighted by atomic mass is 16.3. The predicted octanol–water partition coefficient (Wildman–Crippen LogP) is 1.49. The molecule has 3 heteroatoms. The molecule has 0 heterocycles. The molecule has 0 aromatic carbocycles. The zero-order chi connectivity index (χ0) is 9.73. The Morgan fingerprint density at radius 3 is 2.15 bits per heavy atom. The fourth-order valence-electron chi connectivity index (χ4n) is 1.92. The summed E-state index contributed by atoms with van der Waals surface area (Å²) in [4.78, 5) is 0. The molecule has 2 N–H and O–H groups in total. The first-order valence-corrected chi connectivity index (χ1v) is 5.45. The summed E-state index contributed by atoms with van der Waals surface area (Å²) < 4.78 is 0. The molecule has 0 aromatic heterocycles. The zero-order valence-electron chi connectivity index (χ0n) is 8.84. The second-order valence-electron chi connectivity index (χ2n) is 3.88. The van der Waals surface area contributed by atoms with Crippen molar-refractivity contribution in [2.24, 2.45) is 0 Å². The van der Waals surface area contributed by atoms with Crippen molar-refractivity contribution in [1.82, 2.24) is 10.4 Å². The fraction of sp³-hybridized carbons (Fsp3) is 1.00. The Bertz CT molecular complexity index is 140. The molecule has 0 spiro atoms. The van der Waals surface area contributed by atoms with Crippen molar-refractivity contribution in [2.75, 3.05) is 13.1 Å². The molecular formula is C10H22N2O. The number of nitrogens with zero attached hydrogens (tertiary/aromatic N) is 1. The van der Waals surface area contributed by atoms with Gasteiger partial charge in [0.15, 0.2) is 0 Å². The van der Waals surface area contributed by atoms with Crippen LogP contribution in [0.5, 0.6) is 0 Å². The number of nitrogens with one attached hydrogen (secondary N) is 1. The largest absolute Gasteiger partial charge is 0.375 e.